The van der Waals surface area contributed by atoms with Gasteiger partial charge in [-0.25, -0.2) is 5.84 Å². The minimum absolute atomic E-state index is 0.412. The van der Waals surface area contributed by atoms with E-state index >= 15 is 0 Å². The molecule has 7 nitrogen and oxygen atoms in total. The number of nitrogens with zero attached hydrogens (tertiary/aromatic N) is 4. The Morgan fingerprint density at radius 2 is 2.11 bits per heavy atom. The molecule has 0 aliphatic carbocycles. The summed E-state index contributed by atoms with van der Waals surface area (Å²) in [6.45, 7) is 5.17. The predicted octanol–water partition coefficient (Wildman–Crippen LogP) is 0.886. The molecule has 0 spiro atoms. The van der Waals surface area contributed by atoms with E-state index < -0.39 is 0 Å². The lowest BCUT2D eigenvalue weighted by Crippen LogP contribution is -2.37. The summed E-state index contributed by atoms with van der Waals surface area (Å²) in [6.07, 6.45) is 2.31. The van der Waals surface area contributed by atoms with E-state index in [1.54, 1.807) is 11.8 Å². The molecule has 106 valence electrons. The number of nitrogens with two attached hydrogens (primary N) is 1. The first-order valence-corrected chi connectivity index (χ1v) is 7.50. The van der Waals surface area contributed by atoms with Crippen LogP contribution in [-0.4, -0.2) is 47.0 Å². The summed E-state index contributed by atoms with van der Waals surface area (Å²) >= 11 is 1.64. The lowest BCUT2D eigenvalue weighted by atomic mass is 10.4. The highest BCUT2D eigenvalue weighted by Gasteiger charge is 2.16. The van der Waals surface area contributed by atoms with Crippen LogP contribution in [-0.2, 0) is 4.74 Å². The fourth-order valence-electron chi connectivity index (χ4n) is 1.69. The van der Waals surface area contributed by atoms with Gasteiger partial charge in [0.05, 0.1) is 13.2 Å². The number of aromatic nitrogens is 3. The summed E-state index contributed by atoms with van der Waals surface area (Å²) in [7, 11) is 0. The van der Waals surface area contributed by atoms with Crippen molar-refractivity contribution in [1.82, 2.24) is 15.0 Å². The van der Waals surface area contributed by atoms with E-state index in [4.69, 9.17) is 10.6 Å². The van der Waals surface area contributed by atoms with Crippen LogP contribution in [0.1, 0.15) is 19.8 Å². The summed E-state index contributed by atoms with van der Waals surface area (Å²) < 4.78 is 5.33. The van der Waals surface area contributed by atoms with E-state index in [0.717, 1.165) is 36.8 Å². The van der Waals surface area contributed by atoms with Gasteiger partial charge in [0.1, 0.15) is 0 Å². The highest BCUT2D eigenvalue weighted by atomic mass is 32.2. The number of hydrogen-bond acceptors (Lipinski definition) is 8. The Bertz CT molecular complexity index is 399. The SMILES string of the molecule is CCCCSc1nc(NN)nc(N2CCOCC2)n1. The fourth-order valence-corrected chi connectivity index (χ4v) is 2.60. The maximum absolute atomic E-state index is 5.42. The number of thioether (sulfide) groups is 1. The van der Waals surface area contributed by atoms with Crippen molar-refractivity contribution in [3.63, 3.8) is 0 Å². The van der Waals surface area contributed by atoms with Crippen LogP contribution in [0.5, 0.6) is 0 Å². The maximum atomic E-state index is 5.42. The van der Waals surface area contributed by atoms with Gasteiger partial charge < -0.3 is 9.64 Å². The fraction of sp³-hybridized carbons (Fsp3) is 0.727. The monoisotopic (exact) mass is 284 g/mol. The summed E-state index contributed by atoms with van der Waals surface area (Å²) in [5, 5.41) is 0.720. The molecule has 0 atom stereocenters. The van der Waals surface area contributed by atoms with Gasteiger partial charge >= 0.3 is 0 Å². The molecule has 0 aromatic carbocycles. The minimum Gasteiger partial charge on any atom is -0.378 e. The second-order valence-corrected chi connectivity index (χ2v) is 5.25. The Hall–Kier alpha value is -1.12. The van der Waals surface area contributed by atoms with Crippen molar-refractivity contribution in [2.75, 3.05) is 42.4 Å². The zero-order chi connectivity index (χ0) is 13.5. The van der Waals surface area contributed by atoms with Gasteiger partial charge in [-0.2, -0.15) is 15.0 Å². The number of unbranched alkanes of at least 4 members (excludes halogenated alkanes) is 1. The number of rotatable bonds is 6. The Morgan fingerprint density at radius 3 is 2.79 bits per heavy atom. The minimum atomic E-state index is 0.412. The third-order valence-electron chi connectivity index (χ3n) is 2.76. The average molecular weight is 284 g/mol. The third kappa shape index (κ3) is 4.19. The zero-order valence-electron chi connectivity index (χ0n) is 11.1. The van der Waals surface area contributed by atoms with Crippen LogP contribution in [0, 0.1) is 0 Å². The molecule has 0 unspecified atom stereocenters. The average Bonchev–Trinajstić information content (AvgIpc) is 2.48. The van der Waals surface area contributed by atoms with E-state index in [1.165, 1.54) is 0 Å². The lowest BCUT2D eigenvalue weighted by molar-refractivity contribution is 0.122. The number of hydrazine groups is 1. The second-order valence-electron chi connectivity index (χ2n) is 4.19. The first kappa shape index (κ1) is 14.3. The zero-order valence-corrected chi connectivity index (χ0v) is 11.9. The molecule has 2 rings (SSSR count). The smallest absolute Gasteiger partial charge is 0.242 e. The van der Waals surface area contributed by atoms with Gasteiger partial charge in [-0.15, -0.1) is 0 Å². The number of ether oxygens (including phenoxy) is 1. The van der Waals surface area contributed by atoms with Crippen molar-refractivity contribution in [3.8, 4) is 0 Å². The maximum Gasteiger partial charge on any atom is 0.242 e. The van der Waals surface area contributed by atoms with Crippen LogP contribution in [0.25, 0.3) is 0 Å². The molecule has 0 saturated carbocycles. The van der Waals surface area contributed by atoms with Gasteiger partial charge in [0.25, 0.3) is 0 Å². The van der Waals surface area contributed by atoms with Gasteiger partial charge in [-0.05, 0) is 6.42 Å². The normalized spacial score (nSPS) is 15.6. The second kappa shape index (κ2) is 7.46. The molecular weight excluding hydrogens is 264 g/mol. The van der Waals surface area contributed by atoms with Crippen LogP contribution >= 0.6 is 11.8 Å². The van der Waals surface area contributed by atoms with E-state index in [2.05, 4.69) is 32.2 Å². The molecular formula is C11H20N6OS. The van der Waals surface area contributed by atoms with Gasteiger partial charge in [-0.3, -0.25) is 5.43 Å². The summed E-state index contributed by atoms with van der Waals surface area (Å²) in [4.78, 5) is 15.2. The van der Waals surface area contributed by atoms with Crippen molar-refractivity contribution in [1.29, 1.82) is 0 Å². The van der Waals surface area contributed by atoms with Crippen molar-refractivity contribution in [2.24, 2.45) is 5.84 Å². The first-order valence-electron chi connectivity index (χ1n) is 6.51. The van der Waals surface area contributed by atoms with Crippen LogP contribution in [0.4, 0.5) is 11.9 Å². The van der Waals surface area contributed by atoms with Gasteiger partial charge in [-0.1, -0.05) is 25.1 Å². The number of hydrogen-bond donors (Lipinski definition) is 2. The Kier molecular flexibility index (Phi) is 5.62. The van der Waals surface area contributed by atoms with Crippen LogP contribution in [0.15, 0.2) is 5.16 Å². The third-order valence-corrected chi connectivity index (χ3v) is 3.69. The molecule has 1 aromatic heterocycles. The van der Waals surface area contributed by atoms with E-state index in [-0.39, 0.29) is 0 Å². The van der Waals surface area contributed by atoms with Crippen molar-refractivity contribution in [3.05, 3.63) is 0 Å². The summed E-state index contributed by atoms with van der Waals surface area (Å²) in [5.74, 6) is 7.51. The van der Waals surface area contributed by atoms with E-state index in [1.807, 2.05) is 0 Å². The molecule has 1 aliphatic heterocycles. The molecule has 1 aliphatic rings. The summed E-state index contributed by atoms with van der Waals surface area (Å²) in [6, 6.07) is 0. The predicted molar refractivity (Wildman–Crippen MR) is 76.3 cm³/mol. The molecule has 0 amide bonds. The number of nitrogen functional groups attached to an aromatic ring is 1. The van der Waals surface area contributed by atoms with E-state index in [0.29, 0.717) is 25.1 Å². The Balaban J connectivity index is 2.10. The molecule has 1 saturated heterocycles. The number of anilines is 2. The quantitative estimate of drug-likeness (QED) is 0.344. The highest BCUT2D eigenvalue weighted by Crippen LogP contribution is 2.20. The van der Waals surface area contributed by atoms with Gasteiger partial charge in [0, 0.05) is 18.8 Å². The summed E-state index contributed by atoms with van der Waals surface area (Å²) in [5.41, 5.74) is 2.50. The number of morpholine rings is 1. The van der Waals surface area contributed by atoms with Gasteiger partial charge in [0.15, 0.2) is 5.16 Å². The van der Waals surface area contributed by atoms with Crippen LogP contribution < -0.4 is 16.2 Å². The Morgan fingerprint density at radius 1 is 1.32 bits per heavy atom. The molecule has 19 heavy (non-hydrogen) atoms. The number of nitrogens with one attached hydrogen (secondary N) is 1. The highest BCUT2D eigenvalue weighted by molar-refractivity contribution is 7.99. The lowest BCUT2D eigenvalue weighted by Gasteiger charge is -2.26. The molecule has 2 heterocycles. The molecule has 8 heteroatoms. The van der Waals surface area contributed by atoms with Gasteiger partial charge in [0.2, 0.25) is 11.9 Å². The Labute approximate surface area is 117 Å². The molecule has 0 radical (unpaired) electrons. The van der Waals surface area contributed by atoms with Crippen LogP contribution in [0.2, 0.25) is 0 Å². The van der Waals surface area contributed by atoms with E-state index in [9.17, 15) is 0 Å². The van der Waals surface area contributed by atoms with Crippen LogP contribution in [0.3, 0.4) is 0 Å². The largest absolute Gasteiger partial charge is 0.378 e. The molecule has 1 aromatic rings. The topological polar surface area (TPSA) is 89.2 Å². The molecule has 0 bridgehead atoms. The van der Waals surface area contributed by atoms with Crippen molar-refractivity contribution < 1.29 is 4.74 Å². The standard InChI is InChI=1S/C11H20N6OS/c1-2-3-8-19-11-14-9(16-12)13-10(15-11)17-4-6-18-7-5-17/h2-8,12H2,1H3,(H,13,14,15,16). The van der Waals surface area contributed by atoms with Crippen molar-refractivity contribution >= 4 is 23.7 Å². The molecule has 1 fully saturated rings. The first-order chi connectivity index (χ1) is 9.33. The van der Waals surface area contributed by atoms with Crippen molar-refractivity contribution in [2.45, 2.75) is 24.9 Å². The molecule has 3 N–H and O–H groups in total.